The number of carbonyl (C=O) groups excluding carboxylic acids is 11. The van der Waals surface area contributed by atoms with Gasteiger partial charge in [0.25, 0.3) is 0 Å². The first-order chi connectivity index (χ1) is 51.9. The van der Waals surface area contributed by atoms with Crippen molar-refractivity contribution >= 4 is 113 Å². The van der Waals surface area contributed by atoms with Crippen LogP contribution in [-0.4, -0.2) is 238 Å². The number of aliphatic hydroxyl groups excluding tert-OH is 1. The molecule has 630 valence electrons. The first kappa shape index (κ1) is 101. The molecule has 40 nitrogen and oxygen atoms in total. The summed E-state index contributed by atoms with van der Waals surface area (Å²) >= 11 is 0. The van der Waals surface area contributed by atoms with Crippen LogP contribution in [0.2, 0.25) is 0 Å². The number of carbonyl (C=O) groups is 19. The van der Waals surface area contributed by atoms with Crippen LogP contribution in [0.4, 0.5) is 4.79 Å². The standard InChI is InChI=1S/C71H116N10O30/c1-70(2,3)110-61(97)24-15-9-7-8-12-20-43(74-41-56(88)81-69(109)111-71(4,5)6)50(82)21-18-19-42(62(98)73-40-17-11-14-23-53(85)76-45(64(100)80-49(68(107)108)31-38-60(95)96)27-34-55(87)78-47(66(103)104)29-36-58(91)92)25-32-51(83)72-39-16-10-13-22-52(84)75-44(63(99)79-48(67(105)106)30-37-59(93)94)26-33-54(86)77-46(65(101)102)28-35-57(89)90/h42-49,64,74,80,100H,7-41H2,1-6H3,(H,72,83)(H,73,98)(H,75,84)(H,76,85)(H,77,86)(H,78,87)(H,79,99)(H,89,90)(H,91,92)(H,93,94)(H,95,96)(H,101,102)(H,103,104)(H,105,106)(H,107,108)(H,81,88,109). The molecule has 0 aromatic carbocycles. The Morgan fingerprint density at radius 2 is 0.730 bits per heavy atom. The number of ketones is 1. The average Bonchev–Trinajstić information content (AvgIpc) is 0.888. The fraction of sp³-hybridized carbons (Fsp3) is 0.732. The van der Waals surface area contributed by atoms with Crippen molar-refractivity contribution in [2.24, 2.45) is 5.92 Å². The van der Waals surface area contributed by atoms with E-state index in [-0.39, 0.29) is 102 Å². The van der Waals surface area contributed by atoms with Crippen LogP contribution in [0.5, 0.6) is 0 Å². The molecule has 0 radical (unpaired) electrons. The quantitative estimate of drug-likeness (QED) is 0.0234. The van der Waals surface area contributed by atoms with Crippen molar-refractivity contribution < 1.29 is 147 Å². The maximum absolute atomic E-state index is 14.0. The molecule has 0 fully saturated rings. The average molecular weight is 1590 g/mol. The number of hydrogen-bond acceptors (Lipinski definition) is 24. The molecule has 40 heteroatoms. The van der Waals surface area contributed by atoms with Crippen LogP contribution >= 0.6 is 0 Å². The van der Waals surface area contributed by atoms with E-state index in [9.17, 15) is 117 Å². The summed E-state index contributed by atoms with van der Waals surface area (Å²) in [6.07, 6.45) is -4.88. The Morgan fingerprint density at radius 1 is 0.324 bits per heavy atom. The van der Waals surface area contributed by atoms with Gasteiger partial charge < -0.3 is 92.6 Å². The van der Waals surface area contributed by atoms with Gasteiger partial charge in [0, 0.05) is 89.6 Å². The van der Waals surface area contributed by atoms with Crippen LogP contribution in [0.1, 0.15) is 247 Å². The number of alkyl carbamates (subject to hydrolysis) is 1. The lowest BCUT2D eigenvalue weighted by Crippen LogP contribution is -2.55. The summed E-state index contributed by atoms with van der Waals surface area (Å²) in [6, 6.07) is -10.5. The van der Waals surface area contributed by atoms with E-state index in [0.717, 1.165) is 0 Å². The Kier molecular flexibility index (Phi) is 50.4. The number of carboxylic acids is 8. The van der Waals surface area contributed by atoms with Gasteiger partial charge in [-0.2, -0.15) is 0 Å². The maximum atomic E-state index is 14.0. The van der Waals surface area contributed by atoms with E-state index in [1.807, 2.05) is 0 Å². The summed E-state index contributed by atoms with van der Waals surface area (Å²) in [6.45, 7) is 9.80. The second-order valence-electron chi connectivity index (χ2n) is 28.7. The third kappa shape index (κ3) is 53.5. The molecule has 9 atom stereocenters. The number of nitrogens with one attached hydrogen (secondary N) is 10. The Hall–Kier alpha value is -9.99. The zero-order valence-corrected chi connectivity index (χ0v) is 64.0. The van der Waals surface area contributed by atoms with Crippen LogP contribution < -0.4 is 53.2 Å². The maximum Gasteiger partial charge on any atom is 0.414 e. The highest BCUT2D eigenvalue weighted by Gasteiger charge is 2.33. The van der Waals surface area contributed by atoms with Crippen molar-refractivity contribution in [3.63, 3.8) is 0 Å². The molecule has 0 saturated heterocycles. The molecule has 0 aromatic rings. The van der Waals surface area contributed by atoms with Crippen molar-refractivity contribution in [3.8, 4) is 0 Å². The second-order valence-corrected chi connectivity index (χ2v) is 28.7. The highest BCUT2D eigenvalue weighted by atomic mass is 16.6. The molecule has 0 rings (SSSR count). The number of aliphatic hydroxyl groups is 1. The Morgan fingerprint density at radius 3 is 1.23 bits per heavy atom. The fourth-order valence-corrected chi connectivity index (χ4v) is 10.8. The topological polar surface area (TPSA) is 645 Å². The predicted octanol–water partition coefficient (Wildman–Crippen LogP) is 1.62. The number of amides is 9. The van der Waals surface area contributed by atoms with Gasteiger partial charge in [-0.25, -0.2) is 19.2 Å². The second kappa shape index (κ2) is 55.4. The van der Waals surface area contributed by atoms with Crippen molar-refractivity contribution in [3.05, 3.63) is 0 Å². The minimum absolute atomic E-state index is 0.0259. The van der Waals surface area contributed by atoms with Gasteiger partial charge in [0.1, 0.15) is 53.4 Å². The summed E-state index contributed by atoms with van der Waals surface area (Å²) in [4.78, 5) is 236. The number of ether oxygens (including phenoxy) is 2. The monoisotopic (exact) mass is 1590 g/mol. The number of hydrogen-bond donors (Lipinski definition) is 19. The molecule has 19 N–H and O–H groups in total. The molecule has 0 saturated carbocycles. The molecule has 0 aliphatic rings. The first-order valence-electron chi connectivity index (χ1n) is 37.1. The molecule has 0 aliphatic heterocycles. The summed E-state index contributed by atoms with van der Waals surface area (Å²) in [5.74, 6) is -19.3. The lowest BCUT2D eigenvalue weighted by Gasteiger charge is -2.27. The number of carboxylic acid groups (broad SMARTS) is 8. The van der Waals surface area contributed by atoms with Gasteiger partial charge in [0.2, 0.25) is 47.3 Å². The number of aliphatic carboxylic acids is 8. The molecule has 0 heterocycles. The van der Waals surface area contributed by atoms with Gasteiger partial charge in [0.05, 0.1) is 18.6 Å². The Balaban J connectivity index is 6.42. The Bertz CT molecular complexity index is 3100. The van der Waals surface area contributed by atoms with Gasteiger partial charge >= 0.3 is 59.8 Å². The lowest BCUT2D eigenvalue weighted by molar-refractivity contribution is -0.155. The van der Waals surface area contributed by atoms with Gasteiger partial charge in [0.15, 0.2) is 0 Å². The van der Waals surface area contributed by atoms with Crippen LogP contribution in [0.15, 0.2) is 0 Å². The van der Waals surface area contributed by atoms with Gasteiger partial charge in [-0.1, -0.05) is 38.5 Å². The number of rotatable bonds is 63. The SMILES string of the molecule is CC(C)(C)OC(=O)CCCCCCCC(NCC(=O)NC(=O)OC(C)(C)C)C(=O)CCCC(CCC(=O)NCCCCCC(=O)NC(CCC(=O)NC(CCC(=O)O)C(=O)O)C(=O)NC(CCC(=O)O)C(=O)O)C(=O)NCCCCCC(=O)NC(CCC(=O)NC(CCC(=O)O)C(=O)O)C(O)NC(CCC(=O)O)C(=O)O. The first-order valence-corrected chi connectivity index (χ1v) is 37.1. The molecule has 0 aromatic heterocycles. The van der Waals surface area contributed by atoms with Gasteiger partial charge in [-0.05, 0) is 138 Å². The molecule has 0 bridgehead atoms. The molecule has 0 spiro atoms. The highest BCUT2D eigenvalue weighted by Crippen LogP contribution is 2.20. The number of Topliss-reactive ketones (excluding diaryl/α,β-unsaturated/α-hetero) is 1. The highest BCUT2D eigenvalue weighted by molar-refractivity contribution is 5.94. The number of unbranched alkanes of at least 4 members (excludes halogenated alkanes) is 8. The molecule has 9 unspecified atom stereocenters. The molecule has 0 aliphatic carbocycles. The zero-order chi connectivity index (χ0) is 84.4. The van der Waals surface area contributed by atoms with E-state index < -0.39 is 250 Å². The van der Waals surface area contributed by atoms with E-state index in [1.54, 1.807) is 41.5 Å². The van der Waals surface area contributed by atoms with Crippen LogP contribution in [0.25, 0.3) is 0 Å². The minimum Gasteiger partial charge on any atom is -0.481 e. The van der Waals surface area contributed by atoms with Crippen LogP contribution in [0, 0.1) is 5.92 Å². The predicted molar refractivity (Wildman–Crippen MR) is 388 cm³/mol. The van der Waals surface area contributed by atoms with Crippen LogP contribution in [-0.2, 0) is 95.8 Å². The largest absolute Gasteiger partial charge is 0.481 e. The van der Waals surface area contributed by atoms with E-state index in [4.69, 9.17) is 29.9 Å². The van der Waals surface area contributed by atoms with E-state index in [1.165, 1.54) is 0 Å². The molecular weight excluding hydrogens is 1470 g/mol. The van der Waals surface area contributed by atoms with E-state index in [0.29, 0.717) is 51.4 Å². The summed E-state index contributed by atoms with van der Waals surface area (Å²) in [5, 5.41) is 110. The lowest BCUT2D eigenvalue weighted by atomic mass is 9.93. The van der Waals surface area contributed by atoms with Gasteiger partial charge in [-0.3, -0.25) is 87.9 Å². The minimum atomic E-state index is -1.90. The third-order valence-electron chi connectivity index (χ3n) is 16.5. The molecule has 9 amide bonds. The molecule has 111 heavy (non-hydrogen) atoms. The normalized spacial score (nSPS) is 13.7. The van der Waals surface area contributed by atoms with Crippen molar-refractivity contribution in [2.75, 3.05) is 19.6 Å². The number of imide groups is 1. The zero-order valence-electron chi connectivity index (χ0n) is 64.0. The number of esters is 1. The van der Waals surface area contributed by atoms with E-state index >= 15 is 0 Å². The van der Waals surface area contributed by atoms with Crippen molar-refractivity contribution in [1.29, 1.82) is 0 Å². The fourth-order valence-electron chi connectivity index (χ4n) is 10.8. The van der Waals surface area contributed by atoms with Crippen molar-refractivity contribution in [2.45, 2.75) is 307 Å². The third-order valence-corrected chi connectivity index (χ3v) is 16.5. The van der Waals surface area contributed by atoms with Crippen LogP contribution in [0.3, 0.4) is 0 Å². The summed E-state index contributed by atoms with van der Waals surface area (Å²) in [5.41, 5.74) is -1.55. The smallest absolute Gasteiger partial charge is 0.414 e. The summed E-state index contributed by atoms with van der Waals surface area (Å²) < 4.78 is 10.5. The summed E-state index contributed by atoms with van der Waals surface area (Å²) in [7, 11) is 0. The van der Waals surface area contributed by atoms with E-state index in [2.05, 4.69) is 53.2 Å². The Labute approximate surface area is 642 Å². The van der Waals surface area contributed by atoms with Crippen molar-refractivity contribution in [1.82, 2.24) is 53.2 Å². The van der Waals surface area contributed by atoms with Gasteiger partial charge in [-0.15, -0.1) is 0 Å². The molecular formula is C71H116N10O30.